The van der Waals surface area contributed by atoms with Crippen molar-refractivity contribution in [2.75, 3.05) is 25.0 Å². The van der Waals surface area contributed by atoms with Crippen LogP contribution in [0.2, 0.25) is 10.0 Å². The third-order valence-electron chi connectivity index (χ3n) is 5.13. The minimum absolute atomic E-state index is 0.216. The van der Waals surface area contributed by atoms with Crippen LogP contribution in [-0.4, -0.2) is 42.3 Å². The van der Waals surface area contributed by atoms with E-state index in [0.717, 1.165) is 19.4 Å². The predicted octanol–water partition coefficient (Wildman–Crippen LogP) is 5.91. The van der Waals surface area contributed by atoms with Gasteiger partial charge in [0.05, 0.1) is 15.7 Å². The van der Waals surface area contributed by atoms with Gasteiger partial charge in [-0.25, -0.2) is 13.6 Å². The number of carbonyl (C=O) groups is 1. The van der Waals surface area contributed by atoms with Gasteiger partial charge in [-0.2, -0.15) is 0 Å². The van der Waals surface area contributed by atoms with Crippen molar-refractivity contribution in [1.82, 2.24) is 4.90 Å². The monoisotopic (exact) mass is 428 g/mol. The molecule has 0 saturated carbocycles. The van der Waals surface area contributed by atoms with Crippen LogP contribution in [0.25, 0.3) is 11.1 Å². The van der Waals surface area contributed by atoms with Crippen LogP contribution in [-0.2, 0) is 0 Å². The van der Waals surface area contributed by atoms with Gasteiger partial charge in [-0.05, 0) is 68.8 Å². The summed E-state index contributed by atoms with van der Waals surface area (Å²) < 4.78 is 27.7. The van der Waals surface area contributed by atoms with E-state index in [2.05, 4.69) is 4.90 Å². The third-order valence-corrected chi connectivity index (χ3v) is 5.68. The molecule has 1 amide bonds. The Kier molecular flexibility index (Phi) is 6.43. The van der Waals surface area contributed by atoms with E-state index in [-0.39, 0.29) is 22.2 Å². The number of anilines is 1. The molecular weight excluding hydrogens is 409 g/mol. The standard InChI is InChI=1S/C20H20Cl2F2N2O2/c1-25-7-2-3-14(25)6-8-26(20(27)28)18-5-4-13(23)11-15(18)12-9-16(21)19(24)17(22)10-12/h4-5,9-11,14H,2-3,6-8H2,1H3,(H,27,28). The smallest absolute Gasteiger partial charge is 0.411 e. The molecule has 1 aliphatic heterocycles. The molecule has 8 heteroatoms. The molecule has 28 heavy (non-hydrogen) atoms. The summed E-state index contributed by atoms with van der Waals surface area (Å²) in [6, 6.07) is 6.73. The molecule has 3 rings (SSSR count). The highest BCUT2D eigenvalue weighted by Crippen LogP contribution is 2.37. The summed E-state index contributed by atoms with van der Waals surface area (Å²) in [5, 5.41) is 9.34. The van der Waals surface area contributed by atoms with Gasteiger partial charge in [-0.1, -0.05) is 23.2 Å². The van der Waals surface area contributed by atoms with Gasteiger partial charge in [-0.3, -0.25) is 4.90 Å². The van der Waals surface area contributed by atoms with Crippen molar-refractivity contribution in [3.05, 3.63) is 52.0 Å². The molecule has 0 bridgehead atoms. The Morgan fingerprint density at radius 3 is 2.50 bits per heavy atom. The van der Waals surface area contributed by atoms with E-state index in [1.165, 1.54) is 35.2 Å². The molecule has 4 nitrogen and oxygen atoms in total. The third kappa shape index (κ3) is 4.40. The molecule has 0 radical (unpaired) electrons. The second-order valence-corrected chi connectivity index (χ2v) is 7.73. The topological polar surface area (TPSA) is 43.8 Å². The number of benzene rings is 2. The van der Waals surface area contributed by atoms with Crippen molar-refractivity contribution in [3.63, 3.8) is 0 Å². The van der Waals surface area contributed by atoms with E-state index < -0.39 is 17.7 Å². The second kappa shape index (κ2) is 8.64. The number of nitrogens with zero attached hydrogens (tertiary/aromatic N) is 2. The lowest BCUT2D eigenvalue weighted by Crippen LogP contribution is -2.35. The Labute approximate surface area is 172 Å². The molecule has 0 aromatic heterocycles. The second-order valence-electron chi connectivity index (χ2n) is 6.91. The molecule has 0 aliphatic carbocycles. The molecule has 2 aromatic carbocycles. The quantitative estimate of drug-likeness (QED) is 0.602. The van der Waals surface area contributed by atoms with Crippen LogP contribution >= 0.6 is 23.2 Å². The highest BCUT2D eigenvalue weighted by molar-refractivity contribution is 6.35. The van der Waals surface area contributed by atoms with Crippen LogP contribution < -0.4 is 4.90 Å². The molecule has 1 aliphatic rings. The fourth-order valence-electron chi connectivity index (χ4n) is 3.63. The van der Waals surface area contributed by atoms with E-state index in [1.54, 1.807) is 0 Å². The minimum Gasteiger partial charge on any atom is -0.465 e. The Hall–Kier alpha value is -1.89. The van der Waals surface area contributed by atoms with Gasteiger partial charge in [0.2, 0.25) is 0 Å². The first-order chi connectivity index (χ1) is 13.3. The van der Waals surface area contributed by atoms with Crippen LogP contribution in [0.15, 0.2) is 30.3 Å². The lowest BCUT2D eigenvalue weighted by atomic mass is 10.0. The summed E-state index contributed by atoms with van der Waals surface area (Å²) in [5.41, 5.74) is 0.925. The molecule has 1 N–H and O–H groups in total. The van der Waals surface area contributed by atoms with Gasteiger partial charge in [0.1, 0.15) is 5.82 Å². The Bertz CT molecular complexity index is 871. The van der Waals surface area contributed by atoms with Crippen molar-refractivity contribution in [2.24, 2.45) is 0 Å². The molecule has 1 atom stereocenters. The maximum Gasteiger partial charge on any atom is 0.411 e. The summed E-state index contributed by atoms with van der Waals surface area (Å²) in [7, 11) is 2.02. The predicted molar refractivity (Wildman–Crippen MR) is 107 cm³/mol. The van der Waals surface area contributed by atoms with Crippen molar-refractivity contribution < 1.29 is 18.7 Å². The van der Waals surface area contributed by atoms with Gasteiger partial charge in [0.25, 0.3) is 0 Å². The van der Waals surface area contributed by atoms with Crippen molar-refractivity contribution >= 4 is 35.0 Å². The van der Waals surface area contributed by atoms with Gasteiger partial charge < -0.3 is 10.0 Å². The molecule has 1 unspecified atom stereocenters. The molecule has 1 saturated heterocycles. The largest absolute Gasteiger partial charge is 0.465 e. The SMILES string of the molecule is CN1CCCC1CCN(C(=O)O)c1ccc(F)cc1-c1cc(Cl)c(F)c(Cl)c1. The lowest BCUT2D eigenvalue weighted by molar-refractivity contribution is 0.200. The van der Waals surface area contributed by atoms with E-state index in [9.17, 15) is 18.7 Å². The van der Waals surface area contributed by atoms with E-state index >= 15 is 0 Å². The first kappa shape index (κ1) is 20.8. The summed E-state index contributed by atoms with van der Waals surface area (Å²) in [4.78, 5) is 15.3. The fourth-order valence-corrected chi connectivity index (χ4v) is 4.11. The zero-order valence-corrected chi connectivity index (χ0v) is 16.8. The summed E-state index contributed by atoms with van der Waals surface area (Å²) >= 11 is 11.8. The molecule has 1 fully saturated rings. The molecular formula is C20H20Cl2F2N2O2. The number of amides is 1. The highest BCUT2D eigenvalue weighted by Gasteiger charge is 2.25. The maximum atomic E-state index is 13.9. The maximum absolute atomic E-state index is 13.9. The summed E-state index contributed by atoms with van der Waals surface area (Å²) in [5.74, 6) is -1.32. The van der Waals surface area contributed by atoms with Crippen LogP contribution in [0.5, 0.6) is 0 Å². The van der Waals surface area contributed by atoms with Crippen molar-refractivity contribution in [3.8, 4) is 11.1 Å². The van der Waals surface area contributed by atoms with Crippen LogP contribution in [0.3, 0.4) is 0 Å². The van der Waals surface area contributed by atoms with E-state index in [0.29, 0.717) is 23.7 Å². The van der Waals surface area contributed by atoms with E-state index in [1.807, 2.05) is 7.05 Å². The average Bonchev–Trinajstić information content (AvgIpc) is 3.05. The molecule has 2 aromatic rings. The number of hydrogen-bond acceptors (Lipinski definition) is 2. The minimum atomic E-state index is -1.15. The van der Waals surface area contributed by atoms with Crippen LogP contribution in [0.1, 0.15) is 19.3 Å². The summed E-state index contributed by atoms with van der Waals surface area (Å²) in [6.07, 6.45) is 1.61. The normalized spacial score (nSPS) is 17.1. The number of likely N-dealkylation sites (tertiary alicyclic amines) is 1. The Morgan fingerprint density at radius 2 is 1.93 bits per heavy atom. The number of carboxylic acid groups (broad SMARTS) is 1. The van der Waals surface area contributed by atoms with Crippen molar-refractivity contribution in [1.29, 1.82) is 0 Å². The summed E-state index contributed by atoms with van der Waals surface area (Å²) in [6.45, 7) is 1.25. The first-order valence-electron chi connectivity index (χ1n) is 8.93. The van der Waals surface area contributed by atoms with Gasteiger partial charge >= 0.3 is 6.09 Å². The first-order valence-corrected chi connectivity index (χ1v) is 9.68. The van der Waals surface area contributed by atoms with Crippen LogP contribution in [0.4, 0.5) is 19.3 Å². The van der Waals surface area contributed by atoms with Gasteiger partial charge in [0.15, 0.2) is 5.82 Å². The molecule has 150 valence electrons. The Morgan fingerprint density at radius 1 is 1.25 bits per heavy atom. The highest BCUT2D eigenvalue weighted by atomic mass is 35.5. The van der Waals surface area contributed by atoms with Gasteiger partial charge in [-0.15, -0.1) is 0 Å². The van der Waals surface area contributed by atoms with Gasteiger partial charge in [0, 0.05) is 18.2 Å². The van der Waals surface area contributed by atoms with Crippen LogP contribution in [0, 0.1) is 11.6 Å². The number of rotatable bonds is 5. The zero-order chi connectivity index (χ0) is 20.4. The average molecular weight is 429 g/mol. The van der Waals surface area contributed by atoms with Crippen molar-refractivity contribution in [2.45, 2.75) is 25.3 Å². The van der Waals surface area contributed by atoms with E-state index in [4.69, 9.17) is 23.2 Å². The molecule has 0 spiro atoms. The fraction of sp³-hybridized carbons (Fsp3) is 0.350. The molecule has 1 heterocycles. The number of hydrogen-bond donors (Lipinski definition) is 1. The number of halogens is 4. The zero-order valence-electron chi connectivity index (χ0n) is 15.3. The Balaban J connectivity index is 1.98. The lowest BCUT2D eigenvalue weighted by Gasteiger charge is -2.26.